The monoisotopic (exact) mass is 368 g/mol. The second-order valence-electron chi connectivity index (χ2n) is 6.04. The molecule has 0 aromatic heterocycles. The minimum absolute atomic E-state index is 0.0121. The Balaban J connectivity index is 1.94. The van der Waals surface area contributed by atoms with Crippen LogP contribution in [0.3, 0.4) is 0 Å². The van der Waals surface area contributed by atoms with Gasteiger partial charge in [0.05, 0.1) is 17.7 Å². The van der Waals surface area contributed by atoms with E-state index in [0.29, 0.717) is 21.4 Å². The summed E-state index contributed by atoms with van der Waals surface area (Å²) in [7, 11) is 3.19. The van der Waals surface area contributed by atoms with Crippen LogP contribution >= 0.6 is 11.8 Å². The number of carbonyl (C=O) groups is 1. The van der Waals surface area contributed by atoms with Crippen molar-refractivity contribution in [2.45, 2.75) is 13.8 Å². The molecule has 0 unspecified atom stereocenters. The first-order chi connectivity index (χ1) is 12.4. The number of ether oxygens (including phenoxy) is 1. The molecule has 3 rings (SSSR count). The summed E-state index contributed by atoms with van der Waals surface area (Å²) in [5.41, 5.74) is 3.69. The van der Waals surface area contributed by atoms with Gasteiger partial charge in [0.15, 0.2) is 16.7 Å². The summed E-state index contributed by atoms with van der Waals surface area (Å²) in [6.45, 7) is 4.08. The number of carbonyl (C=O) groups excluding carboxylic acids is 1. The maximum Gasteiger partial charge on any atom is 0.266 e. The molecule has 26 heavy (non-hydrogen) atoms. The van der Waals surface area contributed by atoms with Crippen molar-refractivity contribution in [3.63, 3.8) is 0 Å². The van der Waals surface area contributed by atoms with Crippen LogP contribution in [0, 0.1) is 13.8 Å². The number of methoxy groups -OCH3 is 1. The van der Waals surface area contributed by atoms with Gasteiger partial charge in [-0.3, -0.25) is 9.69 Å². The third-order valence-corrected chi connectivity index (χ3v) is 5.32. The molecule has 2 aromatic rings. The zero-order chi connectivity index (χ0) is 18.8. The largest absolute Gasteiger partial charge is 0.504 e. The molecule has 134 valence electrons. The van der Waals surface area contributed by atoms with E-state index in [1.54, 1.807) is 31.3 Å². The first kappa shape index (κ1) is 18.1. The topological polar surface area (TPSA) is 62.1 Å². The Morgan fingerprint density at radius 3 is 2.65 bits per heavy atom. The Bertz CT molecular complexity index is 935. The van der Waals surface area contributed by atoms with Gasteiger partial charge >= 0.3 is 0 Å². The van der Waals surface area contributed by atoms with Crippen LogP contribution < -0.4 is 4.74 Å². The average Bonchev–Trinajstić information content (AvgIpc) is 2.88. The molecular formula is C20H20N2O3S. The molecule has 0 aliphatic carbocycles. The van der Waals surface area contributed by atoms with Crippen molar-refractivity contribution in [3.8, 4) is 11.5 Å². The van der Waals surface area contributed by atoms with Crippen molar-refractivity contribution >= 4 is 34.6 Å². The van der Waals surface area contributed by atoms with E-state index in [1.165, 1.54) is 29.3 Å². The number of nitrogens with zero attached hydrogens (tertiary/aromatic N) is 2. The van der Waals surface area contributed by atoms with Gasteiger partial charge in [-0.25, -0.2) is 4.99 Å². The smallest absolute Gasteiger partial charge is 0.266 e. The number of hydrogen-bond donors (Lipinski definition) is 1. The fourth-order valence-electron chi connectivity index (χ4n) is 2.52. The predicted molar refractivity (Wildman–Crippen MR) is 106 cm³/mol. The van der Waals surface area contributed by atoms with Gasteiger partial charge < -0.3 is 9.84 Å². The van der Waals surface area contributed by atoms with Crippen LogP contribution in [0.15, 0.2) is 46.3 Å². The van der Waals surface area contributed by atoms with E-state index in [9.17, 15) is 9.90 Å². The van der Waals surface area contributed by atoms with Crippen molar-refractivity contribution in [1.82, 2.24) is 4.90 Å². The van der Waals surface area contributed by atoms with Crippen molar-refractivity contribution in [1.29, 1.82) is 0 Å². The average molecular weight is 368 g/mol. The lowest BCUT2D eigenvalue weighted by atomic mass is 10.1. The Morgan fingerprint density at radius 1 is 1.19 bits per heavy atom. The molecule has 0 saturated carbocycles. The Kier molecular flexibility index (Phi) is 5.04. The first-order valence-electron chi connectivity index (χ1n) is 8.10. The fourth-order valence-corrected chi connectivity index (χ4v) is 3.50. The lowest BCUT2D eigenvalue weighted by Gasteiger charge is -2.08. The number of phenolic OH excluding ortho intramolecular Hbond substituents is 1. The summed E-state index contributed by atoms with van der Waals surface area (Å²) >= 11 is 1.28. The molecule has 1 heterocycles. The highest BCUT2D eigenvalue weighted by molar-refractivity contribution is 8.18. The zero-order valence-electron chi connectivity index (χ0n) is 15.1. The SMILES string of the molecule is COc1cccc(/C=C2/SC(=Nc3ccc(C)c(C)c3)N(C)C2=O)c1O. The van der Waals surface area contributed by atoms with E-state index < -0.39 is 0 Å². The normalized spacial score (nSPS) is 17.4. The summed E-state index contributed by atoms with van der Waals surface area (Å²) in [6.07, 6.45) is 1.66. The number of likely N-dealkylation sites (N-methyl/N-ethyl adjacent to an activating group) is 1. The van der Waals surface area contributed by atoms with Crippen LogP contribution in [0.5, 0.6) is 11.5 Å². The Labute approximate surface area is 157 Å². The number of rotatable bonds is 3. The lowest BCUT2D eigenvalue weighted by Crippen LogP contribution is -2.23. The van der Waals surface area contributed by atoms with Crippen LogP contribution in [0.25, 0.3) is 6.08 Å². The van der Waals surface area contributed by atoms with Gasteiger partial charge in [0.1, 0.15) is 0 Å². The molecule has 6 heteroatoms. The van der Waals surface area contributed by atoms with E-state index in [-0.39, 0.29) is 11.7 Å². The van der Waals surface area contributed by atoms with Gasteiger partial charge in [0.2, 0.25) is 0 Å². The summed E-state index contributed by atoms with van der Waals surface area (Å²) in [4.78, 5) is 19.2. The summed E-state index contributed by atoms with van der Waals surface area (Å²) in [5, 5.41) is 10.8. The molecule has 1 aliphatic rings. The molecule has 0 atom stereocenters. The highest BCUT2D eigenvalue weighted by atomic mass is 32.2. The number of amidine groups is 1. The van der Waals surface area contributed by atoms with Gasteiger partial charge in [-0.2, -0.15) is 0 Å². The quantitative estimate of drug-likeness (QED) is 0.823. The van der Waals surface area contributed by atoms with Crippen LogP contribution in [0.4, 0.5) is 5.69 Å². The van der Waals surface area contributed by atoms with Gasteiger partial charge in [0.25, 0.3) is 5.91 Å². The zero-order valence-corrected chi connectivity index (χ0v) is 15.9. The third kappa shape index (κ3) is 3.46. The summed E-state index contributed by atoms with van der Waals surface area (Å²) in [5.74, 6) is 0.227. The Morgan fingerprint density at radius 2 is 1.96 bits per heavy atom. The number of para-hydroxylation sites is 1. The van der Waals surface area contributed by atoms with Gasteiger partial charge in [-0.15, -0.1) is 0 Å². The second-order valence-corrected chi connectivity index (χ2v) is 7.04. The van der Waals surface area contributed by atoms with Crippen LogP contribution in [-0.2, 0) is 4.79 Å². The lowest BCUT2D eigenvalue weighted by molar-refractivity contribution is -0.121. The summed E-state index contributed by atoms with van der Waals surface area (Å²) < 4.78 is 5.11. The molecule has 0 bridgehead atoms. The maximum absolute atomic E-state index is 12.5. The number of amides is 1. The predicted octanol–water partition coefficient (Wildman–Crippen LogP) is 4.25. The number of aryl methyl sites for hydroxylation is 2. The number of benzene rings is 2. The van der Waals surface area contributed by atoms with Crippen LogP contribution in [-0.4, -0.2) is 35.2 Å². The summed E-state index contributed by atoms with van der Waals surface area (Å²) in [6, 6.07) is 11.1. The highest BCUT2D eigenvalue weighted by Crippen LogP contribution is 2.37. The van der Waals surface area contributed by atoms with Crippen molar-refractivity contribution in [2.24, 2.45) is 4.99 Å². The van der Waals surface area contributed by atoms with Gasteiger partial charge in [-0.1, -0.05) is 18.2 Å². The molecule has 1 saturated heterocycles. The number of phenols is 1. The van der Waals surface area contributed by atoms with E-state index in [0.717, 1.165) is 11.3 Å². The Hall–Kier alpha value is -2.73. The number of aliphatic imine (C=N–C) groups is 1. The van der Waals surface area contributed by atoms with E-state index in [1.807, 2.05) is 32.0 Å². The standard InChI is InChI=1S/C20H20N2O3S/c1-12-8-9-15(10-13(12)2)21-20-22(3)19(24)17(26-20)11-14-6-5-7-16(25-4)18(14)23/h5-11,23H,1-4H3/b17-11+,21-20?. The fraction of sp³-hybridized carbons (Fsp3) is 0.200. The van der Waals surface area contributed by atoms with Crippen molar-refractivity contribution < 1.29 is 14.6 Å². The molecule has 5 nitrogen and oxygen atoms in total. The van der Waals surface area contributed by atoms with Gasteiger partial charge in [-0.05, 0) is 61.0 Å². The minimum atomic E-state index is -0.153. The third-order valence-electron chi connectivity index (χ3n) is 4.26. The van der Waals surface area contributed by atoms with E-state index in [2.05, 4.69) is 4.99 Å². The molecule has 1 aliphatic heterocycles. The molecule has 2 aromatic carbocycles. The number of aromatic hydroxyl groups is 1. The molecule has 1 amide bonds. The molecular weight excluding hydrogens is 348 g/mol. The van der Waals surface area contributed by atoms with E-state index >= 15 is 0 Å². The van der Waals surface area contributed by atoms with Crippen molar-refractivity contribution in [3.05, 3.63) is 58.0 Å². The van der Waals surface area contributed by atoms with Crippen LogP contribution in [0.1, 0.15) is 16.7 Å². The molecule has 0 spiro atoms. The number of thioether (sulfide) groups is 1. The van der Waals surface area contributed by atoms with Crippen LogP contribution in [0.2, 0.25) is 0 Å². The minimum Gasteiger partial charge on any atom is -0.504 e. The maximum atomic E-state index is 12.5. The van der Waals surface area contributed by atoms with Gasteiger partial charge in [0, 0.05) is 12.6 Å². The molecule has 1 fully saturated rings. The first-order valence-corrected chi connectivity index (χ1v) is 8.92. The van der Waals surface area contributed by atoms with Crippen molar-refractivity contribution in [2.75, 3.05) is 14.2 Å². The second kappa shape index (κ2) is 7.25. The molecule has 0 radical (unpaired) electrons. The molecule has 1 N–H and O–H groups in total. The number of hydrogen-bond acceptors (Lipinski definition) is 5. The highest BCUT2D eigenvalue weighted by Gasteiger charge is 2.30. The van der Waals surface area contributed by atoms with E-state index in [4.69, 9.17) is 4.74 Å².